The van der Waals surface area contributed by atoms with Crippen molar-refractivity contribution in [1.82, 2.24) is 9.05 Å². The molecule has 212 valence electrons. The number of nitrogens with zero attached hydrogens (tertiary/aromatic N) is 2. The van der Waals surface area contributed by atoms with Crippen molar-refractivity contribution in [2.75, 3.05) is 0 Å². The van der Waals surface area contributed by atoms with E-state index in [1.807, 2.05) is 0 Å². The van der Waals surface area contributed by atoms with E-state index in [2.05, 4.69) is 150 Å². The summed E-state index contributed by atoms with van der Waals surface area (Å²) in [5.74, 6) is 0. The molecule has 0 unspecified atom stereocenters. The maximum atomic E-state index is 2.72. The van der Waals surface area contributed by atoms with Crippen LogP contribution in [0.3, 0.4) is 0 Å². The maximum absolute atomic E-state index is 2.72. The third kappa shape index (κ3) is 2.45. The Bertz CT molecular complexity index is 2900. The van der Waals surface area contributed by atoms with Gasteiger partial charge in [0.05, 0.1) is 11.0 Å². The molecule has 0 atom stereocenters. The van der Waals surface area contributed by atoms with Gasteiger partial charge in [-0.25, -0.2) is 0 Å². The van der Waals surface area contributed by atoms with E-state index in [-0.39, 0.29) is 12.3 Å². The Labute approximate surface area is 266 Å². The predicted octanol–water partition coefficient (Wildman–Crippen LogP) is 9.30. The summed E-state index contributed by atoms with van der Waals surface area (Å²) in [4.78, 5) is 0. The molecule has 3 heteroatoms. The molecule has 0 spiro atoms. The van der Waals surface area contributed by atoms with E-state index < -0.39 is 0 Å². The summed E-state index contributed by atoms with van der Waals surface area (Å²) in [5, 5.41) is 7.93. The molecule has 9 aromatic rings. The lowest BCUT2D eigenvalue weighted by Crippen LogP contribution is -2.55. The van der Waals surface area contributed by atoms with E-state index in [9.17, 15) is 0 Å². The van der Waals surface area contributed by atoms with Crippen LogP contribution >= 0.6 is 0 Å². The van der Waals surface area contributed by atoms with Crippen LogP contribution in [0.25, 0.3) is 82.3 Å². The zero-order valence-electron chi connectivity index (χ0n) is 25.6. The van der Waals surface area contributed by atoms with Gasteiger partial charge >= 0.3 is 6.85 Å². The molecule has 2 aromatic heterocycles. The fourth-order valence-corrected chi connectivity index (χ4v) is 9.85. The van der Waals surface area contributed by atoms with E-state index in [1.54, 1.807) is 0 Å². The highest BCUT2D eigenvalue weighted by atomic mass is 15.0. The molecule has 0 radical (unpaired) electrons. The van der Waals surface area contributed by atoms with Crippen molar-refractivity contribution in [1.29, 1.82) is 0 Å². The van der Waals surface area contributed by atoms with Crippen LogP contribution in [0.15, 0.2) is 127 Å². The Balaban J connectivity index is 1.40. The van der Waals surface area contributed by atoms with E-state index in [0.717, 1.165) is 0 Å². The molecule has 2 aliphatic heterocycles. The van der Waals surface area contributed by atoms with Gasteiger partial charge in [-0.3, -0.25) is 0 Å². The first kappa shape index (κ1) is 23.8. The van der Waals surface area contributed by atoms with Gasteiger partial charge in [0, 0.05) is 54.6 Å². The van der Waals surface area contributed by atoms with E-state index in [0.29, 0.717) is 0 Å². The Morgan fingerprint density at radius 3 is 2.13 bits per heavy atom. The Hall–Kier alpha value is -5.54. The molecular weight excluding hydrogens is 555 g/mol. The summed E-state index contributed by atoms with van der Waals surface area (Å²) in [6.07, 6.45) is 0. The quantitative estimate of drug-likeness (QED) is 0.158. The Kier molecular flexibility index (Phi) is 3.95. The minimum absolute atomic E-state index is 0.0485. The minimum atomic E-state index is -0.111. The molecule has 3 aliphatic rings. The Morgan fingerprint density at radius 1 is 0.522 bits per heavy atom. The molecule has 0 fully saturated rings. The highest BCUT2D eigenvalue weighted by molar-refractivity contribution is 6.90. The van der Waals surface area contributed by atoms with E-state index >= 15 is 0 Å². The zero-order valence-corrected chi connectivity index (χ0v) is 25.6. The second-order valence-corrected chi connectivity index (χ2v) is 14.0. The van der Waals surface area contributed by atoms with Gasteiger partial charge in [-0.15, -0.1) is 0 Å². The van der Waals surface area contributed by atoms with Crippen LogP contribution in [-0.4, -0.2) is 15.9 Å². The van der Waals surface area contributed by atoms with Crippen molar-refractivity contribution in [3.05, 3.63) is 139 Å². The van der Waals surface area contributed by atoms with Crippen molar-refractivity contribution in [2.24, 2.45) is 0 Å². The van der Waals surface area contributed by atoms with Gasteiger partial charge in [0.2, 0.25) is 0 Å². The third-order valence-corrected chi connectivity index (χ3v) is 11.7. The number of rotatable bonds is 0. The lowest BCUT2D eigenvalue weighted by molar-refractivity contribution is 0.660. The highest BCUT2D eigenvalue weighted by Gasteiger charge is 2.46. The van der Waals surface area contributed by atoms with Crippen LogP contribution in [0.2, 0.25) is 0 Å². The van der Waals surface area contributed by atoms with Crippen LogP contribution in [0, 0.1) is 0 Å². The third-order valence-electron chi connectivity index (χ3n) is 11.7. The van der Waals surface area contributed by atoms with Gasteiger partial charge in [-0.2, -0.15) is 0 Å². The highest BCUT2D eigenvalue weighted by Crippen LogP contribution is 2.55. The number of hydrogen-bond acceptors (Lipinski definition) is 0. The largest absolute Gasteiger partial charge is 0.375 e. The smallest absolute Gasteiger partial charge is 0.333 e. The molecule has 2 nitrogen and oxygen atoms in total. The lowest BCUT2D eigenvalue weighted by Gasteiger charge is -2.36. The maximum Gasteiger partial charge on any atom is 0.333 e. The average molecular weight is 583 g/mol. The molecule has 0 N–H and O–H groups in total. The molecule has 0 amide bonds. The predicted molar refractivity (Wildman–Crippen MR) is 195 cm³/mol. The van der Waals surface area contributed by atoms with Gasteiger partial charge in [0.25, 0.3) is 0 Å². The number of benzene rings is 7. The number of fused-ring (bicyclic) bond motifs is 16. The summed E-state index contributed by atoms with van der Waals surface area (Å²) >= 11 is 0. The van der Waals surface area contributed by atoms with Crippen LogP contribution in [-0.2, 0) is 5.41 Å². The molecular formula is C43H27BN2. The van der Waals surface area contributed by atoms with Gasteiger partial charge in [0.15, 0.2) is 0 Å². The summed E-state index contributed by atoms with van der Waals surface area (Å²) in [5.41, 5.74) is 17.8. The van der Waals surface area contributed by atoms with Gasteiger partial charge < -0.3 is 9.05 Å². The molecule has 4 heterocycles. The minimum Gasteiger partial charge on any atom is -0.375 e. The van der Waals surface area contributed by atoms with Crippen LogP contribution in [0.1, 0.15) is 25.0 Å². The van der Waals surface area contributed by atoms with Crippen molar-refractivity contribution in [3.63, 3.8) is 0 Å². The standard InChI is InChI=1S/C43H27BN2/c1-43(2)32-18-7-5-14-30(32)37-33(43)23-36-39-38(37)31-17-9-15-28-29-22-21-24-11-3-4-12-25(24)40(29)46(41(28)31)44(39)34-19-10-16-27-26-13-6-8-20-35(26)45(36)42(27)34/h3-23H,1-2H3. The van der Waals surface area contributed by atoms with Gasteiger partial charge in [-0.1, -0.05) is 129 Å². The first-order valence-electron chi connectivity index (χ1n) is 16.4. The summed E-state index contributed by atoms with van der Waals surface area (Å²) in [6, 6.07) is 48.3. The van der Waals surface area contributed by atoms with Crippen molar-refractivity contribution in [3.8, 4) is 27.9 Å². The van der Waals surface area contributed by atoms with Gasteiger partial charge in [0.1, 0.15) is 0 Å². The lowest BCUT2D eigenvalue weighted by atomic mass is 9.45. The first-order chi connectivity index (χ1) is 22.6. The average Bonchev–Trinajstić information content (AvgIpc) is 3.70. The fraction of sp³-hybridized carbons (Fsp3) is 0.0698. The van der Waals surface area contributed by atoms with E-state index in [1.165, 1.54) is 104 Å². The monoisotopic (exact) mass is 582 g/mol. The van der Waals surface area contributed by atoms with Crippen LogP contribution in [0.4, 0.5) is 0 Å². The van der Waals surface area contributed by atoms with Crippen LogP contribution in [0.5, 0.6) is 0 Å². The summed E-state index contributed by atoms with van der Waals surface area (Å²) < 4.78 is 5.33. The molecule has 46 heavy (non-hydrogen) atoms. The molecule has 1 aliphatic carbocycles. The van der Waals surface area contributed by atoms with Crippen molar-refractivity contribution >= 4 is 72.2 Å². The number of para-hydroxylation sites is 3. The zero-order chi connectivity index (χ0) is 30.1. The van der Waals surface area contributed by atoms with Crippen molar-refractivity contribution < 1.29 is 0 Å². The second kappa shape index (κ2) is 7.63. The van der Waals surface area contributed by atoms with Crippen LogP contribution < -0.4 is 10.9 Å². The fourth-order valence-electron chi connectivity index (χ4n) is 9.85. The van der Waals surface area contributed by atoms with E-state index in [4.69, 9.17) is 0 Å². The molecule has 0 bridgehead atoms. The number of hydrogen-bond donors (Lipinski definition) is 0. The summed E-state index contributed by atoms with van der Waals surface area (Å²) in [7, 11) is 0. The van der Waals surface area contributed by atoms with Gasteiger partial charge in [-0.05, 0) is 56.3 Å². The molecule has 0 saturated carbocycles. The Morgan fingerprint density at radius 2 is 1.22 bits per heavy atom. The normalized spacial score (nSPS) is 14.9. The first-order valence-corrected chi connectivity index (χ1v) is 16.4. The topological polar surface area (TPSA) is 9.86 Å². The number of aromatic nitrogens is 2. The van der Waals surface area contributed by atoms with Crippen molar-refractivity contribution in [2.45, 2.75) is 19.3 Å². The molecule has 7 aromatic carbocycles. The summed E-state index contributed by atoms with van der Waals surface area (Å²) in [6.45, 7) is 4.88. The molecule has 12 rings (SSSR count). The molecule has 0 saturated heterocycles. The SMILES string of the molecule is CC1(C)c2ccccc2-c2c1cc1c3c2-c2cccc4c5ccc6ccccc6c5n(c24)B3c2cccc3c4ccccc4n-1c23. The second-order valence-electron chi connectivity index (χ2n) is 14.0.